The summed E-state index contributed by atoms with van der Waals surface area (Å²) in [6.45, 7) is 14.0. The molecule has 0 spiro atoms. The highest BCUT2D eigenvalue weighted by Gasteiger charge is 2.32. The fourth-order valence-corrected chi connectivity index (χ4v) is 3.78. The molecule has 0 heterocycles. The van der Waals surface area contributed by atoms with E-state index in [1.807, 2.05) is 0 Å². The van der Waals surface area contributed by atoms with Crippen LogP contribution in [0.25, 0.3) is 0 Å². The smallest absolute Gasteiger partial charge is 0.0294 e. The van der Waals surface area contributed by atoms with Crippen LogP contribution in [-0.4, -0.2) is 6.04 Å². The van der Waals surface area contributed by atoms with Crippen molar-refractivity contribution in [3.05, 3.63) is 35.4 Å². The zero-order chi connectivity index (χ0) is 15.6. The van der Waals surface area contributed by atoms with Gasteiger partial charge in [0.1, 0.15) is 0 Å². The van der Waals surface area contributed by atoms with Gasteiger partial charge in [-0.2, -0.15) is 0 Å². The molecular formula is C20H33N. The molecule has 21 heavy (non-hydrogen) atoms. The van der Waals surface area contributed by atoms with Gasteiger partial charge in [0.15, 0.2) is 0 Å². The summed E-state index contributed by atoms with van der Waals surface area (Å²) in [7, 11) is 0. The first-order valence-electron chi connectivity index (χ1n) is 8.64. The van der Waals surface area contributed by atoms with Crippen molar-refractivity contribution in [2.45, 2.75) is 78.8 Å². The van der Waals surface area contributed by atoms with Gasteiger partial charge in [-0.3, -0.25) is 0 Å². The van der Waals surface area contributed by atoms with Crippen molar-refractivity contribution in [3.8, 4) is 0 Å². The molecule has 1 fully saturated rings. The van der Waals surface area contributed by atoms with Gasteiger partial charge in [-0.25, -0.2) is 0 Å². The Labute approximate surface area is 131 Å². The minimum atomic E-state index is 0.444. The molecule has 1 saturated carbocycles. The highest BCUT2D eigenvalue weighted by atomic mass is 15.0. The summed E-state index contributed by atoms with van der Waals surface area (Å²) in [6, 6.07) is 10.3. The van der Waals surface area contributed by atoms with Crippen molar-refractivity contribution in [1.29, 1.82) is 0 Å². The van der Waals surface area contributed by atoms with Gasteiger partial charge >= 0.3 is 0 Å². The van der Waals surface area contributed by atoms with Crippen LogP contribution in [0.1, 0.15) is 83.9 Å². The molecule has 1 aliphatic carbocycles. The molecule has 0 bridgehead atoms. The fourth-order valence-electron chi connectivity index (χ4n) is 3.78. The predicted molar refractivity (Wildman–Crippen MR) is 92.7 cm³/mol. The van der Waals surface area contributed by atoms with E-state index in [-0.39, 0.29) is 0 Å². The van der Waals surface area contributed by atoms with Gasteiger partial charge in [0.25, 0.3) is 0 Å². The highest BCUT2D eigenvalue weighted by Crippen LogP contribution is 2.39. The van der Waals surface area contributed by atoms with E-state index >= 15 is 0 Å². The van der Waals surface area contributed by atoms with Gasteiger partial charge in [0, 0.05) is 12.1 Å². The normalized spacial score (nSPS) is 26.8. The van der Waals surface area contributed by atoms with E-state index in [0.29, 0.717) is 23.4 Å². The molecule has 0 aromatic heterocycles. The Hall–Kier alpha value is -0.820. The Morgan fingerprint density at radius 1 is 1.05 bits per heavy atom. The molecule has 2 rings (SSSR count). The molecule has 1 N–H and O–H groups in total. The molecule has 0 amide bonds. The van der Waals surface area contributed by atoms with E-state index in [2.05, 4.69) is 71.1 Å². The maximum absolute atomic E-state index is 3.87. The molecule has 1 nitrogen and oxygen atoms in total. The van der Waals surface area contributed by atoms with Crippen molar-refractivity contribution < 1.29 is 0 Å². The van der Waals surface area contributed by atoms with Crippen molar-refractivity contribution in [2.24, 2.45) is 11.3 Å². The highest BCUT2D eigenvalue weighted by molar-refractivity contribution is 5.26. The molecule has 1 aromatic carbocycles. The zero-order valence-corrected chi connectivity index (χ0v) is 14.7. The summed E-state index contributed by atoms with van der Waals surface area (Å²) in [6.07, 6.45) is 3.99. The van der Waals surface area contributed by atoms with Crippen molar-refractivity contribution in [2.75, 3.05) is 0 Å². The predicted octanol–water partition coefficient (Wildman–Crippen LogP) is 5.68. The van der Waals surface area contributed by atoms with Crippen LogP contribution in [0.15, 0.2) is 24.3 Å². The first-order chi connectivity index (χ1) is 9.78. The van der Waals surface area contributed by atoms with Gasteiger partial charge < -0.3 is 5.32 Å². The third-order valence-corrected chi connectivity index (χ3v) is 5.26. The van der Waals surface area contributed by atoms with Crippen LogP contribution in [0.3, 0.4) is 0 Å². The Balaban J connectivity index is 1.96. The van der Waals surface area contributed by atoms with E-state index in [0.717, 1.165) is 5.92 Å². The average Bonchev–Trinajstić information content (AvgIpc) is 2.41. The number of benzene rings is 1. The summed E-state index contributed by atoms with van der Waals surface area (Å²) in [5.74, 6) is 1.38. The summed E-state index contributed by atoms with van der Waals surface area (Å²) >= 11 is 0. The quantitative estimate of drug-likeness (QED) is 0.751. The number of hydrogen-bond donors (Lipinski definition) is 1. The third kappa shape index (κ3) is 4.32. The van der Waals surface area contributed by atoms with Gasteiger partial charge in [-0.15, -0.1) is 0 Å². The minimum absolute atomic E-state index is 0.444. The first-order valence-corrected chi connectivity index (χ1v) is 8.64. The summed E-state index contributed by atoms with van der Waals surface area (Å²) in [5, 5.41) is 3.87. The maximum Gasteiger partial charge on any atom is 0.0294 e. The van der Waals surface area contributed by atoms with Gasteiger partial charge in [0.2, 0.25) is 0 Å². The van der Waals surface area contributed by atoms with Gasteiger partial charge in [-0.05, 0) is 54.6 Å². The molecular weight excluding hydrogens is 254 g/mol. The van der Waals surface area contributed by atoms with Gasteiger partial charge in [0.05, 0.1) is 0 Å². The van der Waals surface area contributed by atoms with E-state index < -0.39 is 0 Å². The average molecular weight is 287 g/mol. The van der Waals surface area contributed by atoms with Crippen molar-refractivity contribution in [1.82, 2.24) is 5.32 Å². The summed E-state index contributed by atoms with van der Waals surface area (Å²) < 4.78 is 0. The Kier molecular flexibility index (Phi) is 5.14. The van der Waals surface area contributed by atoms with E-state index in [1.54, 1.807) is 0 Å². The lowest BCUT2D eigenvalue weighted by Crippen LogP contribution is -2.42. The van der Waals surface area contributed by atoms with Gasteiger partial charge in [-0.1, -0.05) is 58.9 Å². The second-order valence-electron chi connectivity index (χ2n) is 8.20. The first kappa shape index (κ1) is 16.5. The van der Waals surface area contributed by atoms with Crippen LogP contribution in [0.2, 0.25) is 0 Å². The van der Waals surface area contributed by atoms with Crippen LogP contribution >= 0.6 is 0 Å². The molecule has 3 unspecified atom stereocenters. The van der Waals surface area contributed by atoms with Crippen LogP contribution in [0, 0.1) is 11.3 Å². The van der Waals surface area contributed by atoms with E-state index in [9.17, 15) is 0 Å². The Morgan fingerprint density at radius 3 is 2.14 bits per heavy atom. The SMILES string of the molecule is CC(C)c1ccc(C(C)NC2CCC(C)(C)CC2C)cc1. The molecule has 1 heteroatoms. The largest absolute Gasteiger partial charge is 0.307 e. The van der Waals surface area contributed by atoms with Crippen LogP contribution < -0.4 is 5.32 Å². The van der Waals surface area contributed by atoms with Crippen LogP contribution in [-0.2, 0) is 0 Å². The molecule has 0 radical (unpaired) electrons. The minimum Gasteiger partial charge on any atom is -0.307 e. The standard InChI is InChI=1S/C20H33N/c1-14(2)17-7-9-18(10-8-17)16(4)21-19-11-12-20(5,6)13-15(19)3/h7-10,14-16,19,21H,11-13H2,1-6H3. The fraction of sp³-hybridized carbons (Fsp3) is 0.700. The number of rotatable bonds is 4. The Morgan fingerprint density at radius 2 is 1.62 bits per heavy atom. The Bertz CT molecular complexity index is 443. The van der Waals surface area contributed by atoms with Crippen molar-refractivity contribution in [3.63, 3.8) is 0 Å². The summed E-state index contributed by atoms with van der Waals surface area (Å²) in [5.41, 5.74) is 3.37. The molecule has 0 saturated heterocycles. The lowest BCUT2D eigenvalue weighted by Gasteiger charge is -2.40. The number of hydrogen-bond acceptors (Lipinski definition) is 1. The molecule has 1 aliphatic rings. The molecule has 118 valence electrons. The lowest BCUT2D eigenvalue weighted by molar-refractivity contribution is 0.143. The molecule has 3 atom stereocenters. The van der Waals surface area contributed by atoms with E-state index in [1.165, 1.54) is 30.4 Å². The molecule has 1 aromatic rings. The van der Waals surface area contributed by atoms with Crippen molar-refractivity contribution >= 4 is 0 Å². The maximum atomic E-state index is 3.87. The topological polar surface area (TPSA) is 12.0 Å². The lowest BCUT2D eigenvalue weighted by atomic mass is 9.70. The van der Waals surface area contributed by atoms with Crippen LogP contribution in [0.4, 0.5) is 0 Å². The molecule has 0 aliphatic heterocycles. The third-order valence-electron chi connectivity index (χ3n) is 5.26. The zero-order valence-electron chi connectivity index (χ0n) is 14.7. The van der Waals surface area contributed by atoms with Crippen LogP contribution in [0.5, 0.6) is 0 Å². The monoisotopic (exact) mass is 287 g/mol. The summed E-state index contributed by atoms with van der Waals surface area (Å²) in [4.78, 5) is 0. The second-order valence-corrected chi connectivity index (χ2v) is 8.20. The second kappa shape index (κ2) is 6.52. The number of nitrogens with one attached hydrogen (secondary N) is 1. The van der Waals surface area contributed by atoms with E-state index in [4.69, 9.17) is 0 Å².